The zero-order chi connectivity index (χ0) is 17.1. The summed E-state index contributed by atoms with van der Waals surface area (Å²) >= 11 is 6.33. The van der Waals surface area contributed by atoms with E-state index in [1.807, 2.05) is 19.1 Å². The Morgan fingerprint density at radius 2 is 2.25 bits per heavy atom. The van der Waals surface area contributed by atoms with Crippen molar-refractivity contribution < 1.29 is 4.42 Å². The number of piperidine rings is 1. The van der Waals surface area contributed by atoms with E-state index in [0.717, 1.165) is 43.8 Å². The number of nitriles is 1. The normalized spacial score (nSPS) is 21.6. The Labute approximate surface area is 147 Å². The summed E-state index contributed by atoms with van der Waals surface area (Å²) < 4.78 is 5.78. The van der Waals surface area contributed by atoms with Crippen LogP contribution in [0.3, 0.4) is 0 Å². The number of likely N-dealkylation sites (tertiary alicyclic amines) is 1. The van der Waals surface area contributed by atoms with E-state index in [-0.39, 0.29) is 5.92 Å². The van der Waals surface area contributed by atoms with Gasteiger partial charge in [0.15, 0.2) is 0 Å². The number of hydrogen-bond donors (Lipinski definition) is 0. The molecule has 1 aromatic carbocycles. The number of aromatic nitrogens is 2. The lowest BCUT2D eigenvalue weighted by atomic mass is 9.89. The summed E-state index contributed by atoms with van der Waals surface area (Å²) in [5.41, 5.74) is 1.63. The predicted molar refractivity (Wildman–Crippen MR) is 91.7 cm³/mol. The van der Waals surface area contributed by atoms with Gasteiger partial charge in [0.2, 0.25) is 11.8 Å². The fourth-order valence-corrected chi connectivity index (χ4v) is 3.53. The Morgan fingerprint density at radius 1 is 1.42 bits per heavy atom. The van der Waals surface area contributed by atoms with Crippen molar-refractivity contribution in [1.29, 1.82) is 5.26 Å². The molecule has 126 valence electrons. The summed E-state index contributed by atoms with van der Waals surface area (Å²) in [5.74, 6) is 1.70. The molecule has 24 heavy (non-hydrogen) atoms. The zero-order valence-electron chi connectivity index (χ0n) is 14.0. The van der Waals surface area contributed by atoms with E-state index < -0.39 is 0 Å². The molecule has 0 radical (unpaired) electrons. The first kappa shape index (κ1) is 16.9. The number of nitrogens with zero attached hydrogens (tertiary/aromatic N) is 4. The van der Waals surface area contributed by atoms with Gasteiger partial charge in [-0.1, -0.05) is 24.6 Å². The van der Waals surface area contributed by atoms with Gasteiger partial charge in [-0.15, -0.1) is 10.2 Å². The first-order chi connectivity index (χ1) is 11.6. The lowest BCUT2D eigenvalue weighted by molar-refractivity contribution is 0.118. The van der Waals surface area contributed by atoms with Crippen LogP contribution in [0.25, 0.3) is 0 Å². The van der Waals surface area contributed by atoms with Crippen LogP contribution >= 0.6 is 11.6 Å². The van der Waals surface area contributed by atoms with Crippen molar-refractivity contribution >= 4 is 11.6 Å². The Morgan fingerprint density at radius 3 is 2.92 bits per heavy atom. The fraction of sp³-hybridized carbons (Fsp3) is 0.500. The van der Waals surface area contributed by atoms with Gasteiger partial charge in [0.05, 0.1) is 17.6 Å². The van der Waals surface area contributed by atoms with Crippen LogP contribution in [-0.2, 0) is 13.0 Å². The van der Waals surface area contributed by atoms with Gasteiger partial charge in [0, 0.05) is 24.0 Å². The van der Waals surface area contributed by atoms with E-state index in [1.54, 1.807) is 6.07 Å². The van der Waals surface area contributed by atoms with Crippen molar-refractivity contribution in [1.82, 2.24) is 15.1 Å². The van der Waals surface area contributed by atoms with Crippen molar-refractivity contribution in [2.75, 3.05) is 6.54 Å². The Balaban J connectivity index is 1.75. The number of aryl methyl sites for hydroxylation is 1. The summed E-state index contributed by atoms with van der Waals surface area (Å²) in [6.45, 7) is 6.00. The highest BCUT2D eigenvalue weighted by atomic mass is 35.5. The van der Waals surface area contributed by atoms with E-state index in [9.17, 15) is 0 Å². The minimum atomic E-state index is 0.253. The van der Waals surface area contributed by atoms with Crippen LogP contribution < -0.4 is 0 Å². The topological polar surface area (TPSA) is 66.0 Å². The average Bonchev–Trinajstić information content (AvgIpc) is 3.07. The van der Waals surface area contributed by atoms with Gasteiger partial charge in [-0.2, -0.15) is 5.26 Å². The molecule has 2 aromatic rings. The number of halogens is 1. The highest BCUT2D eigenvalue weighted by molar-refractivity contribution is 6.31. The molecule has 1 aliphatic rings. The second-order valence-corrected chi connectivity index (χ2v) is 6.67. The van der Waals surface area contributed by atoms with E-state index in [1.165, 1.54) is 0 Å². The van der Waals surface area contributed by atoms with Crippen LogP contribution in [0.5, 0.6) is 0 Å². The molecule has 0 N–H and O–H groups in total. The predicted octanol–water partition coefficient (Wildman–Crippen LogP) is 3.93. The summed E-state index contributed by atoms with van der Waals surface area (Å²) in [6, 6.07) is 7.91. The maximum atomic E-state index is 8.96. The van der Waals surface area contributed by atoms with Gasteiger partial charge >= 0.3 is 0 Å². The molecule has 2 atom stereocenters. The molecule has 2 heterocycles. The molecule has 0 saturated carbocycles. The molecule has 0 unspecified atom stereocenters. The molecule has 6 heteroatoms. The molecular weight excluding hydrogens is 324 g/mol. The van der Waals surface area contributed by atoms with E-state index in [0.29, 0.717) is 22.5 Å². The lowest BCUT2D eigenvalue weighted by Crippen LogP contribution is -2.41. The maximum absolute atomic E-state index is 8.96. The first-order valence-corrected chi connectivity index (χ1v) is 8.75. The highest BCUT2D eigenvalue weighted by Crippen LogP contribution is 2.33. The smallest absolute Gasteiger partial charge is 0.221 e. The minimum absolute atomic E-state index is 0.253. The van der Waals surface area contributed by atoms with Crippen LogP contribution in [0.4, 0.5) is 0 Å². The van der Waals surface area contributed by atoms with Gasteiger partial charge in [-0.3, -0.25) is 4.90 Å². The van der Waals surface area contributed by atoms with E-state index >= 15 is 0 Å². The molecule has 0 amide bonds. The summed E-state index contributed by atoms with van der Waals surface area (Å²) in [6.07, 6.45) is 2.91. The van der Waals surface area contributed by atoms with Crippen molar-refractivity contribution in [3.8, 4) is 6.07 Å². The van der Waals surface area contributed by atoms with Crippen molar-refractivity contribution in [3.05, 3.63) is 46.1 Å². The third kappa shape index (κ3) is 3.45. The monoisotopic (exact) mass is 344 g/mol. The summed E-state index contributed by atoms with van der Waals surface area (Å²) in [5, 5.41) is 17.9. The van der Waals surface area contributed by atoms with Gasteiger partial charge in [0.25, 0.3) is 0 Å². The number of hydrogen-bond acceptors (Lipinski definition) is 5. The lowest BCUT2D eigenvalue weighted by Gasteiger charge is -2.38. The highest BCUT2D eigenvalue weighted by Gasteiger charge is 2.32. The second kappa shape index (κ2) is 7.33. The number of benzene rings is 1. The van der Waals surface area contributed by atoms with Crippen LogP contribution in [0.15, 0.2) is 22.6 Å². The van der Waals surface area contributed by atoms with Crippen molar-refractivity contribution in [2.24, 2.45) is 0 Å². The molecule has 0 spiro atoms. The molecule has 1 fully saturated rings. The van der Waals surface area contributed by atoms with Crippen LogP contribution in [-0.4, -0.2) is 27.7 Å². The number of rotatable bonds is 4. The standard InChI is InChI=1S/C18H21ClN4O/c1-3-17-21-22-18(24-17)15-5-4-8-23(12(15)2)11-14-7-6-13(10-20)9-16(14)19/h6-7,9,12,15H,3-5,8,11H2,1-2H3/t12-,15-/m0/s1. The molecule has 1 aliphatic heterocycles. The minimum Gasteiger partial charge on any atom is -0.425 e. The molecule has 0 aliphatic carbocycles. The third-order valence-corrected chi connectivity index (χ3v) is 5.13. The van der Waals surface area contributed by atoms with E-state index in [2.05, 4.69) is 28.1 Å². The molecule has 3 rings (SSSR count). The summed E-state index contributed by atoms with van der Waals surface area (Å²) in [4.78, 5) is 2.40. The Kier molecular flexibility index (Phi) is 5.17. The molecule has 5 nitrogen and oxygen atoms in total. The van der Waals surface area contributed by atoms with Crippen LogP contribution in [0.1, 0.15) is 55.5 Å². The third-order valence-electron chi connectivity index (χ3n) is 4.78. The Hall–Kier alpha value is -1.90. The first-order valence-electron chi connectivity index (χ1n) is 8.37. The second-order valence-electron chi connectivity index (χ2n) is 6.27. The largest absolute Gasteiger partial charge is 0.425 e. The van der Waals surface area contributed by atoms with Crippen molar-refractivity contribution in [3.63, 3.8) is 0 Å². The average molecular weight is 345 g/mol. The maximum Gasteiger partial charge on any atom is 0.221 e. The fourth-order valence-electron chi connectivity index (χ4n) is 3.29. The van der Waals surface area contributed by atoms with Crippen LogP contribution in [0.2, 0.25) is 5.02 Å². The quantitative estimate of drug-likeness (QED) is 0.840. The molecule has 1 aromatic heterocycles. The SMILES string of the molecule is CCc1nnc([C@H]2CCCN(Cc3ccc(C#N)cc3Cl)[C@H]2C)o1. The Bertz CT molecular complexity index is 752. The van der Waals surface area contributed by atoms with Gasteiger partial charge in [0.1, 0.15) is 0 Å². The van der Waals surface area contributed by atoms with Gasteiger partial charge < -0.3 is 4.42 Å². The van der Waals surface area contributed by atoms with Crippen LogP contribution in [0, 0.1) is 11.3 Å². The van der Waals surface area contributed by atoms with Gasteiger partial charge in [-0.05, 0) is 44.0 Å². The summed E-state index contributed by atoms with van der Waals surface area (Å²) in [7, 11) is 0. The zero-order valence-corrected chi connectivity index (χ0v) is 14.8. The van der Waals surface area contributed by atoms with E-state index in [4.69, 9.17) is 21.3 Å². The molecular formula is C18H21ClN4O. The van der Waals surface area contributed by atoms with Gasteiger partial charge in [-0.25, -0.2) is 0 Å². The van der Waals surface area contributed by atoms with Crippen molar-refractivity contribution in [2.45, 2.75) is 51.6 Å². The molecule has 1 saturated heterocycles. The molecule has 0 bridgehead atoms.